The Bertz CT molecular complexity index is 497. The van der Waals surface area contributed by atoms with Crippen LogP contribution in [0.2, 0.25) is 0 Å². The minimum Gasteiger partial charge on any atom is -0.383 e. The topological polar surface area (TPSA) is 51.8 Å². The van der Waals surface area contributed by atoms with Crippen LogP contribution >= 0.6 is 0 Å². The van der Waals surface area contributed by atoms with E-state index in [0.717, 1.165) is 16.3 Å². The van der Waals surface area contributed by atoms with Crippen molar-refractivity contribution in [2.45, 2.75) is 0 Å². The maximum Gasteiger partial charge on any atom is 0.132 e. The van der Waals surface area contributed by atoms with Crippen LogP contribution in [0.3, 0.4) is 0 Å². The van der Waals surface area contributed by atoms with Crippen molar-refractivity contribution in [1.82, 2.24) is 9.97 Å². The van der Waals surface area contributed by atoms with Crippen LogP contribution in [0.25, 0.3) is 10.8 Å². The molecule has 0 bridgehead atoms. The van der Waals surface area contributed by atoms with Crippen LogP contribution in [0.15, 0.2) is 24.7 Å². The van der Waals surface area contributed by atoms with Gasteiger partial charge < -0.3 is 5.73 Å². The summed E-state index contributed by atoms with van der Waals surface area (Å²) >= 11 is 0. The fourth-order valence-electron chi connectivity index (χ4n) is 1.22. The molecule has 0 aliphatic heterocycles. The predicted octanol–water partition coefficient (Wildman–Crippen LogP) is 1.19. The lowest BCUT2D eigenvalue weighted by atomic mass is 10.1. The standard InChI is InChI=1S/C10H7N3/c1-2-7-5-13-10(11)9-6-12-4-3-8(7)9/h1,3-6H,(H2,11,13). The molecule has 0 amide bonds. The molecule has 0 aromatic carbocycles. The number of nitrogen functional groups attached to an aromatic ring is 1. The molecule has 2 N–H and O–H groups in total. The molecule has 0 radical (unpaired) electrons. The van der Waals surface area contributed by atoms with Crippen molar-refractivity contribution < 1.29 is 0 Å². The third kappa shape index (κ3) is 1.09. The molecule has 0 aliphatic rings. The smallest absolute Gasteiger partial charge is 0.132 e. The highest BCUT2D eigenvalue weighted by atomic mass is 14.8. The van der Waals surface area contributed by atoms with E-state index in [1.165, 1.54) is 0 Å². The van der Waals surface area contributed by atoms with Gasteiger partial charge in [-0.15, -0.1) is 6.42 Å². The molecule has 0 fully saturated rings. The maximum atomic E-state index is 5.66. The lowest BCUT2D eigenvalue weighted by Gasteiger charge is -2.01. The van der Waals surface area contributed by atoms with Gasteiger partial charge in [0.2, 0.25) is 0 Å². The van der Waals surface area contributed by atoms with Gasteiger partial charge >= 0.3 is 0 Å². The van der Waals surface area contributed by atoms with Gasteiger partial charge in [0.1, 0.15) is 5.82 Å². The van der Waals surface area contributed by atoms with Crippen molar-refractivity contribution in [2.75, 3.05) is 5.73 Å². The molecule has 0 aliphatic carbocycles. The summed E-state index contributed by atoms with van der Waals surface area (Å²) in [5, 5.41) is 1.72. The van der Waals surface area contributed by atoms with Gasteiger partial charge in [-0.05, 0) is 6.07 Å². The zero-order valence-electron chi connectivity index (χ0n) is 6.86. The summed E-state index contributed by atoms with van der Waals surface area (Å²) in [6.07, 6.45) is 10.3. The summed E-state index contributed by atoms with van der Waals surface area (Å²) in [6, 6.07) is 1.84. The van der Waals surface area contributed by atoms with Gasteiger partial charge in [-0.2, -0.15) is 0 Å². The Balaban J connectivity index is 2.95. The first-order valence-electron chi connectivity index (χ1n) is 3.77. The van der Waals surface area contributed by atoms with E-state index < -0.39 is 0 Å². The highest BCUT2D eigenvalue weighted by Gasteiger charge is 2.02. The average Bonchev–Trinajstić information content (AvgIpc) is 2.19. The van der Waals surface area contributed by atoms with Crippen molar-refractivity contribution in [3.8, 4) is 12.3 Å². The molecule has 0 unspecified atom stereocenters. The fraction of sp³-hybridized carbons (Fsp3) is 0. The van der Waals surface area contributed by atoms with E-state index in [1.807, 2.05) is 6.07 Å². The second kappa shape index (κ2) is 2.76. The van der Waals surface area contributed by atoms with E-state index in [9.17, 15) is 0 Å². The largest absolute Gasteiger partial charge is 0.383 e. The molecule has 0 saturated heterocycles. The second-order valence-corrected chi connectivity index (χ2v) is 2.62. The summed E-state index contributed by atoms with van der Waals surface area (Å²) in [5.41, 5.74) is 6.40. The number of hydrogen-bond acceptors (Lipinski definition) is 3. The molecule has 13 heavy (non-hydrogen) atoms. The summed E-state index contributed by atoms with van der Waals surface area (Å²) in [5.74, 6) is 3.01. The van der Waals surface area contributed by atoms with Crippen molar-refractivity contribution in [1.29, 1.82) is 0 Å². The van der Waals surface area contributed by atoms with Gasteiger partial charge in [0.15, 0.2) is 0 Å². The summed E-state index contributed by atoms with van der Waals surface area (Å²) in [7, 11) is 0. The monoisotopic (exact) mass is 169 g/mol. The van der Waals surface area contributed by atoms with Crippen LogP contribution in [-0.4, -0.2) is 9.97 Å². The van der Waals surface area contributed by atoms with Crippen molar-refractivity contribution in [3.05, 3.63) is 30.2 Å². The number of terminal acetylenes is 1. The second-order valence-electron chi connectivity index (χ2n) is 2.62. The van der Waals surface area contributed by atoms with Crippen LogP contribution < -0.4 is 5.73 Å². The van der Waals surface area contributed by atoms with Crippen LogP contribution in [0.5, 0.6) is 0 Å². The molecule has 0 saturated carbocycles. The number of nitrogens with zero attached hydrogens (tertiary/aromatic N) is 2. The minimum absolute atomic E-state index is 0.460. The lowest BCUT2D eigenvalue weighted by Crippen LogP contribution is -1.93. The maximum absolute atomic E-state index is 5.66. The Morgan fingerprint density at radius 1 is 1.31 bits per heavy atom. The van der Waals surface area contributed by atoms with E-state index in [1.54, 1.807) is 18.6 Å². The molecular formula is C10H7N3. The fourth-order valence-corrected chi connectivity index (χ4v) is 1.22. The molecule has 2 aromatic rings. The normalized spacial score (nSPS) is 9.77. The summed E-state index contributed by atoms with van der Waals surface area (Å²) in [6.45, 7) is 0. The predicted molar refractivity (Wildman–Crippen MR) is 51.9 cm³/mol. The molecule has 2 aromatic heterocycles. The number of nitrogens with two attached hydrogens (primary N) is 1. The zero-order valence-corrected chi connectivity index (χ0v) is 6.86. The molecule has 2 heterocycles. The Kier molecular flexibility index (Phi) is 1.60. The molecule has 62 valence electrons. The van der Waals surface area contributed by atoms with Gasteiger partial charge in [0.05, 0.1) is 5.56 Å². The van der Waals surface area contributed by atoms with Gasteiger partial charge in [0, 0.05) is 29.4 Å². The Morgan fingerprint density at radius 2 is 2.15 bits per heavy atom. The number of anilines is 1. The highest BCUT2D eigenvalue weighted by Crippen LogP contribution is 2.20. The van der Waals surface area contributed by atoms with Crippen molar-refractivity contribution in [3.63, 3.8) is 0 Å². The zero-order chi connectivity index (χ0) is 9.26. The minimum atomic E-state index is 0.460. The molecule has 2 rings (SSSR count). The highest BCUT2D eigenvalue weighted by molar-refractivity contribution is 5.93. The van der Waals surface area contributed by atoms with E-state index in [0.29, 0.717) is 5.82 Å². The first kappa shape index (κ1) is 7.56. The molecule has 0 spiro atoms. The number of fused-ring (bicyclic) bond motifs is 1. The van der Waals surface area contributed by atoms with Gasteiger partial charge in [-0.3, -0.25) is 4.98 Å². The number of rotatable bonds is 0. The number of hydrogen-bond donors (Lipinski definition) is 1. The molecular weight excluding hydrogens is 162 g/mol. The van der Waals surface area contributed by atoms with Gasteiger partial charge in [0.25, 0.3) is 0 Å². The molecule has 3 heteroatoms. The van der Waals surface area contributed by atoms with Gasteiger partial charge in [-0.1, -0.05) is 5.92 Å². The number of aromatic nitrogens is 2. The average molecular weight is 169 g/mol. The van der Waals surface area contributed by atoms with Crippen LogP contribution in [0, 0.1) is 12.3 Å². The van der Waals surface area contributed by atoms with E-state index >= 15 is 0 Å². The van der Waals surface area contributed by atoms with Crippen molar-refractivity contribution in [2.24, 2.45) is 0 Å². The molecule has 0 atom stereocenters. The van der Waals surface area contributed by atoms with E-state index in [2.05, 4.69) is 15.9 Å². The first-order valence-corrected chi connectivity index (χ1v) is 3.77. The van der Waals surface area contributed by atoms with Crippen molar-refractivity contribution >= 4 is 16.6 Å². The Hall–Kier alpha value is -2.08. The lowest BCUT2D eigenvalue weighted by molar-refractivity contribution is 1.31. The first-order chi connectivity index (χ1) is 6.33. The summed E-state index contributed by atoms with van der Waals surface area (Å²) in [4.78, 5) is 7.93. The Morgan fingerprint density at radius 3 is 2.92 bits per heavy atom. The SMILES string of the molecule is C#Cc1cnc(N)c2cnccc12. The summed E-state index contributed by atoms with van der Waals surface area (Å²) < 4.78 is 0. The van der Waals surface area contributed by atoms with Crippen LogP contribution in [0.4, 0.5) is 5.82 Å². The van der Waals surface area contributed by atoms with Crippen LogP contribution in [-0.2, 0) is 0 Å². The molecule has 3 nitrogen and oxygen atoms in total. The number of pyridine rings is 2. The quantitative estimate of drug-likeness (QED) is 0.603. The van der Waals surface area contributed by atoms with E-state index in [-0.39, 0.29) is 0 Å². The third-order valence-electron chi connectivity index (χ3n) is 1.88. The van der Waals surface area contributed by atoms with Crippen LogP contribution in [0.1, 0.15) is 5.56 Å². The van der Waals surface area contributed by atoms with E-state index in [4.69, 9.17) is 12.2 Å². The Labute approximate surface area is 75.6 Å². The van der Waals surface area contributed by atoms with Gasteiger partial charge in [-0.25, -0.2) is 4.98 Å². The third-order valence-corrected chi connectivity index (χ3v) is 1.88.